The maximum atomic E-state index is 13.4. The van der Waals surface area contributed by atoms with Crippen LogP contribution in [0.2, 0.25) is 25.7 Å². The molecule has 2 fully saturated rings. The number of amides is 2. The van der Waals surface area contributed by atoms with Gasteiger partial charge in [-0.05, 0) is 43.6 Å². The van der Waals surface area contributed by atoms with Gasteiger partial charge in [-0.1, -0.05) is 39.4 Å². The zero-order valence-electron chi connectivity index (χ0n) is 21.5. The lowest BCUT2D eigenvalue weighted by Gasteiger charge is -2.41. The van der Waals surface area contributed by atoms with Gasteiger partial charge in [0.1, 0.15) is 12.5 Å². The van der Waals surface area contributed by atoms with Crippen molar-refractivity contribution in [3.8, 4) is 0 Å². The van der Waals surface area contributed by atoms with Gasteiger partial charge >= 0.3 is 11.8 Å². The first-order chi connectivity index (χ1) is 16.6. The molecule has 4 rings (SSSR count). The van der Waals surface area contributed by atoms with Crippen LogP contribution in [0.25, 0.3) is 10.9 Å². The molecular weight excluding hydrogens is 460 g/mol. The molecule has 0 bridgehead atoms. The third-order valence-corrected chi connectivity index (χ3v) is 9.13. The third kappa shape index (κ3) is 6.03. The quantitative estimate of drug-likeness (QED) is 0.336. The zero-order valence-corrected chi connectivity index (χ0v) is 22.5. The molecule has 35 heavy (non-hydrogen) atoms. The summed E-state index contributed by atoms with van der Waals surface area (Å²) < 4.78 is 7.54. The lowest BCUT2D eigenvalue weighted by Crippen LogP contribution is -2.52. The number of piperidine rings is 1. The van der Waals surface area contributed by atoms with Crippen LogP contribution in [0, 0.1) is 11.8 Å². The number of hydrogen-bond acceptors (Lipinski definition) is 6. The smallest absolute Gasteiger partial charge is 0.314 e. The molecule has 2 aromatic heterocycles. The Morgan fingerprint density at radius 1 is 1.17 bits per heavy atom. The van der Waals surface area contributed by atoms with Crippen LogP contribution in [0.1, 0.15) is 45.4 Å². The highest BCUT2D eigenvalue weighted by Crippen LogP contribution is 2.36. The Bertz CT molecular complexity index is 1060. The van der Waals surface area contributed by atoms with E-state index in [2.05, 4.69) is 42.0 Å². The fourth-order valence-corrected chi connectivity index (χ4v) is 6.14. The van der Waals surface area contributed by atoms with E-state index < -0.39 is 19.9 Å². The van der Waals surface area contributed by atoms with Gasteiger partial charge in [0.2, 0.25) is 0 Å². The van der Waals surface area contributed by atoms with E-state index in [1.165, 1.54) is 19.0 Å². The zero-order chi connectivity index (χ0) is 25.2. The molecule has 1 saturated heterocycles. The van der Waals surface area contributed by atoms with Crippen molar-refractivity contribution < 1.29 is 14.3 Å². The van der Waals surface area contributed by atoms with Gasteiger partial charge in [0.25, 0.3) is 0 Å². The summed E-state index contributed by atoms with van der Waals surface area (Å²) in [6.45, 7) is 10.6. The monoisotopic (exact) mass is 500 g/mol. The number of likely N-dealkylation sites (tertiary alicyclic amines) is 1. The van der Waals surface area contributed by atoms with Crippen LogP contribution in [-0.2, 0) is 21.1 Å². The van der Waals surface area contributed by atoms with Crippen LogP contribution in [0.15, 0.2) is 12.4 Å². The van der Waals surface area contributed by atoms with Crippen LogP contribution in [-0.4, -0.2) is 58.7 Å². The molecule has 10 heteroatoms. The summed E-state index contributed by atoms with van der Waals surface area (Å²) in [7, 11) is -1.21. The minimum Gasteiger partial charge on any atom is -0.383 e. The van der Waals surface area contributed by atoms with Crippen molar-refractivity contribution in [1.82, 2.24) is 19.7 Å². The molecule has 3 heterocycles. The fraction of sp³-hybridized carbons (Fsp3) is 0.680. The Hall–Kier alpha value is -2.46. The number of rotatable bonds is 7. The standard InChI is InChI=1S/C25H40N6O3Si/c1-17-9-10-21(18-7-5-6-8-18)30(15-17)25(33)24(32)29-20-14-27-23(26)19-13-28-31(22(19)20)16-34-11-12-35(2,3)4/h13-14,17-18,21H,5-12,15-16H2,1-4H3,(H2,26,27)(H,29,32). The number of nitrogens with two attached hydrogens (primary N) is 1. The van der Waals surface area contributed by atoms with Gasteiger partial charge in [-0.15, -0.1) is 0 Å². The summed E-state index contributed by atoms with van der Waals surface area (Å²) in [6, 6.07) is 1.20. The minimum absolute atomic E-state index is 0.154. The van der Waals surface area contributed by atoms with E-state index in [-0.39, 0.29) is 12.8 Å². The van der Waals surface area contributed by atoms with Crippen LogP contribution in [0.4, 0.5) is 11.5 Å². The Balaban J connectivity index is 1.50. The molecule has 2 aromatic rings. The normalized spacial score (nSPS) is 21.5. The molecular formula is C25H40N6O3Si. The fourth-order valence-electron chi connectivity index (χ4n) is 5.39. The first-order valence-electron chi connectivity index (χ1n) is 12.9. The number of fused-ring (bicyclic) bond motifs is 1. The van der Waals surface area contributed by atoms with Crippen molar-refractivity contribution in [3.05, 3.63) is 12.4 Å². The summed E-state index contributed by atoms with van der Waals surface area (Å²) in [5.41, 5.74) is 7.11. The Morgan fingerprint density at radius 3 is 2.63 bits per heavy atom. The number of hydrogen-bond donors (Lipinski definition) is 2. The number of nitrogens with one attached hydrogen (secondary N) is 1. The van der Waals surface area contributed by atoms with Crippen molar-refractivity contribution >= 4 is 42.3 Å². The van der Waals surface area contributed by atoms with Gasteiger partial charge in [-0.3, -0.25) is 9.59 Å². The molecule has 1 saturated carbocycles. The number of carbonyl (C=O) groups is 2. The molecule has 192 valence electrons. The first-order valence-corrected chi connectivity index (χ1v) is 16.6. The highest BCUT2D eigenvalue weighted by Gasteiger charge is 2.38. The second kappa shape index (κ2) is 10.7. The van der Waals surface area contributed by atoms with Crippen molar-refractivity contribution in [2.45, 2.75) is 83.9 Å². The van der Waals surface area contributed by atoms with Gasteiger partial charge < -0.3 is 20.7 Å². The van der Waals surface area contributed by atoms with E-state index in [4.69, 9.17) is 10.5 Å². The maximum Gasteiger partial charge on any atom is 0.314 e. The van der Waals surface area contributed by atoms with Crippen molar-refractivity contribution in [3.63, 3.8) is 0 Å². The van der Waals surface area contributed by atoms with Gasteiger partial charge in [0, 0.05) is 27.3 Å². The van der Waals surface area contributed by atoms with Crippen molar-refractivity contribution in [1.29, 1.82) is 0 Å². The summed E-state index contributed by atoms with van der Waals surface area (Å²) in [4.78, 5) is 32.6. The van der Waals surface area contributed by atoms with Crippen LogP contribution in [0.3, 0.4) is 0 Å². The molecule has 2 unspecified atom stereocenters. The second-order valence-electron chi connectivity index (χ2n) is 11.5. The van der Waals surface area contributed by atoms with Gasteiger partial charge in [-0.2, -0.15) is 5.10 Å². The van der Waals surface area contributed by atoms with E-state index in [9.17, 15) is 9.59 Å². The Kier molecular flexibility index (Phi) is 7.80. The Labute approximate surface area is 208 Å². The van der Waals surface area contributed by atoms with Crippen LogP contribution < -0.4 is 11.1 Å². The number of nitrogens with zero attached hydrogens (tertiary/aromatic N) is 4. The highest BCUT2D eigenvalue weighted by atomic mass is 28.3. The van der Waals surface area contributed by atoms with E-state index >= 15 is 0 Å². The number of anilines is 2. The number of ether oxygens (including phenoxy) is 1. The average molecular weight is 501 g/mol. The van der Waals surface area contributed by atoms with E-state index in [0.29, 0.717) is 47.4 Å². The Morgan fingerprint density at radius 2 is 1.91 bits per heavy atom. The minimum atomic E-state index is -1.21. The van der Waals surface area contributed by atoms with Crippen LogP contribution in [0.5, 0.6) is 0 Å². The average Bonchev–Trinajstić information content (AvgIpc) is 3.48. The molecule has 1 aliphatic heterocycles. The van der Waals surface area contributed by atoms with Gasteiger partial charge in [0.15, 0.2) is 0 Å². The molecule has 0 spiro atoms. The SMILES string of the molecule is CC1CCC(C2CCCC2)N(C(=O)C(=O)Nc2cnc(N)c3cnn(COCC[Si](C)(C)C)c23)C1. The second-order valence-corrected chi connectivity index (χ2v) is 17.1. The molecule has 2 amide bonds. The molecule has 2 atom stereocenters. The number of carbonyl (C=O) groups excluding carboxylic acids is 2. The van der Waals surface area contributed by atoms with Crippen molar-refractivity contribution in [2.75, 3.05) is 24.2 Å². The van der Waals surface area contributed by atoms with E-state index in [1.807, 2.05) is 4.90 Å². The lowest BCUT2D eigenvalue weighted by atomic mass is 9.85. The van der Waals surface area contributed by atoms with Crippen LogP contribution >= 0.6 is 0 Å². The van der Waals surface area contributed by atoms with Gasteiger partial charge in [-0.25, -0.2) is 9.67 Å². The molecule has 2 aliphatic rings. The van der Waals surface area contributed by atoms with E-state index in [1.54, 1.807) is 10.9 Å². The van der Waals surface area contributed by atoms with Gasteiger partial charge in [0.05, 0.1) is 29.0 Å². The summed E-state index contributed by atoms with van der Waals surface area (Å²) in [5, 5.41) is 7.85. The predicted molar refractivity (Wildman–Crippen MR) is 141 cm³/mol. The molecule has 1 aliphatic carbocycles. The predicted octanol–water partition coefficient (Wildman–Crippen LogP) is 4.08. The lowest BCUT2D eigenvalue weighted by molar-refractivity contribution is -0.147. The number of pyridine rings is 1. The topological polar surface area (TPSA) is 115 Å². The highest BCUT2D eigenvalue weighted by molar-refractivity contribution is 6.76. The van der Waals surface area contributed by atoms with E-state index in [0.717, 1.165) is 31.7 Å². The first kappa shape index (κ1) is 25.6. The number of aromatic nitrogens is 3. The largest absolute Gasteiger partial charge is 0.383 e. The maximum absolute atomic E-state index is 13.4. The summed E-state index contributed by atoms with van der Waals surface area (Å²) >= 11 is 0. The van der Waals surface area contributed by atoms with Crippen molar-refractivity contribution in [2.24, 2.45) is 11.8 Å². The number of nitrogen functional groups attached to an aromatic ring is 1. The molecule has 0 radical (unpaired) electrons. The summed E-state index contributed by atoms with van der Waals surface area (Å²) in [6.07, 6.45) is 9.91. The molecule has 9 nitrogen and oxygen atoms in total. The summed E-state index contributed by atoms with van der Waals surface area (Å²) in [5.74, 6) is 0.116. The third-order valence-electron chi connectivity index (χ3n) is 7.42. The molecule has 3 N–H and O–H groups in total. The molecule has 0 aromatic carbocycles.